The summed E-state index contributed by atoms with van der Waals surface area (Å²) in [7, 11) is 0. The lowest BCUT2D eigenvalue weighted by Crippen LogP contribution is -2.33. The molecule has 1 aliphatic heterocycles. The van der Waals surface area contributed by atoms with E-state index in [9.17, 15) is 22.8 Å². The van der Waals surface area contributed by atoms with Crippen LogP contribution in [0.15, 0.2) is 28.3 Å². The predicted molar refractivity (Wildman–Crippen MR) is 92.2 cm³/mol. The molecule has 2 aliphatic rings. The number of halogens is 3. The van der Waals surface area contributed by atoms with E-state index in [1.165, 1.54) is 0 Å². The highest BCUT2D eigenvalue weighted by atomic mass is 19.2. The molecule has 0 saturated carbocycles. The number of benzene rings is 1. The first kappa shape index (κ1) is 18.4. The van der Waals surface area contributed by atoms with Gasteiger partial charge in [-0.05, 0) is 38.1 Å². The molecule has 2 aromatic rings. The van der Waals surface area contributed by atoms with Gasteiger partial charge in [-0.1, -0.05) is 0 Å². The second-order valence-electron chi connectivity index (χ2n) is 6.65. The van der Waals surface area contributed by atoms with Crippen molar-refractivity contribution in [3.8, 4) is 11.5 Å². The first-order chi connectivity index (χ1) is 13.5. The number of rotatable bonds is 5. The SMILES string of the molecule is O=C1C=C(NCCN2CCCC2)C(=O)c2oc(-c3ccc(F)c(F)c3F)nc21. The number of nitrogens with zero attached hydrogens (tertiary/aromatic N) is 2. The molecule has 0 unspecified atom stereocenters. The van der Waals surface area contributed by atoms with Gasteiger partial charge in [-0.25, -0.2) is 18.2 Å². The minimum atomic E-state index is -1.69. The summed E-state index contributed by atoms with van der Waals surface area (Å²) in [6.45, 7) is 3.21. The van der Waals surface area contributed by atoms with Crippen molar-refractivity contribution in [2.24, 2.45) is 0 Å². The predicted octanol–water partition coefficient (Wildman–Crippen LogP) is 2.71. The first-order valence-corrected chi connectivity index (χ1v) is 8.87. The van der Waals surface area contributed by atoms with Crippen LogP contribution in [0.2, 0.25) is 0 Å². The molecule has 0 bridgehead atoms. The molecule has 1 fully saturated rings. The standard InChI is InChI=1S/C19H16F3N3O3/c20-11-4-3-10(14(21)15(11)22)19-24-16-13(26)9-12(17(27)18(16)28-19)23-5-8-25-6-1-2-7-25/h3-4,9,23H,1-2,5-8H2. The number of fused-ring (bicyclic) bond motifs is 1. The van der Waals surface area contributed by atoms with Crippen LogP contribution in [0.4, 0.5) is 13.2 Å². The van der Waals surface area contributed by atoms with Gasteiger partial charge in [-0.15, -0.1) is 0 Å². The number of ketones is 2. The molecule has 146 valence electrons. The molecule has 1 N–H and O–H groups in total. The summed E-state index contributed by atoms with van der Waals surface area (Å²) in [5.41, 5.74) is -0.697. The van der Waals surface area contributed by atoms with Crippen molar-refractivity contribution in [1.82, 2.24) is 15.2 Å². The maximum absolute atomic E-state index is 14.0. The van der Waals surface area contributed by atoms with Crippen molar-refractivity contribution in [3.05, 3.63) is 52.8 Å². The molecule has 0 atom stereocenters. The van der Waals surface area contributed by atoms with Crippen LogP contribution in [-0.4, -0.2) is 47.6 Å². The molecule has 28 heavy (non-hydrogen) atoms. The summed E-state index contributed by atoms with van der Waals surface area (Å²) in [6, 6.07) is 1.65. The van der Waals surface area contributed by atoms with E-state index in [-0.39, 0.29) is 17.2 Å². The van der Waals surface area contributed by atoms with Crippen LogP contribution in [-0.2, 0) is 0 Å². The Balaban J connectivity index is 1.55. The van der Waals surface area contributed by atoms with Gasteiger partial charge in [-0.3, -0.25) is 9.59 Å². The van der Waals surface area contributed by atoms with Gasteiger partial charge in [0.05, 0.1) is 11.3 Å². The van der Waals surface area contributed by atoms with Crippen molar-refractivity contribution in [3.63, 3.8) is 0 Å². The Morgan fingerprint density at radius 1 is 1.11 bits per heavy atom. The molecule has 0 amide bonds. The summed E-state index contributed by atoms with van der Waals surface area (Å²) >= 11 is 0. The summed E-state index contributed by atoms with van der Waals surface area (Å²) in [4.78, 5) is 30.9. The van der Waals surface area contributed by atoms with Crippen molar-refractivity contribution in [2.45, 2.75) is 12.8 Å². The molecule has 4 rings (SSSR count). The summed E-state index contributed by atoms with van der Waals surface area (Å²) in [6.07, 6.45) is 3.40. The molecule has 2 heterocycles. The van der Waals surface area contributed by atoms with Crippen LogP contribution < -0.4 is 5.32 Å². The Morgan fingerprint density at radius 2 is 1.86 bits per heavy atom. The highest BCUT2D eigenvalue weighted by Gasteiger charge is 2.33. The average Bonchev–Trinajstić information content (AvgIpc) is 3.34. The quantitative estimate of drug-likeness (QED) is 0.790. The van der Waals surface area contributed by atoms with E-state index in [4.69, 9.17) is 4.42 Å². The molecule has 6 nitrogen and oxygen atoms in total. The molecule has 0 spiro atoms. The molecular weight excluding hydrogens is 375 g/mol. The molecule has 0 radical (unpaired) electrons. The van der Waals surface area contributed by atoms with Crippen molar-refractivity contribution >= 4 is 11.6 Å². The largest absolute Gasteiger partial charge is 0.432 e. The first-order valence-electron chi connectivity index (χ1n) is 8.87. The Kier molecular flexibility index (Phi) is 4.76. The number of nitrogens with one attached hydrogen (secondary N) is 1. The molecule has 1 aromatic carbocycles. The summed E-state index contributed by atoms with van der Waals surface area (Å²) in [5, 5.41) is 2.92. The van der Waals surface area contributed by atoms with Gasteiger partial charge in [0.1, 0.15) is 0 Å². The number of carbonyl (C=O) groups excluding carboxylic acids is 2. The third-order valence-corrected chi connectivity index (χ3v) is 4.79. The van der Waals surface area contributed by atoms with Gasteiger partial charge in [0.2, 0.25) is 23.2 Å². The number of aromatic nitrogens is 1. The van der Waals surface area contributed by atoms with Gasteiger partial charge >= 0.3 is 0 Å². The summed E-state index contributed by atoms with van der Waals surface area (Å²) < 4.78 is 45.8. The van der Waals surface area contributed by atoms with E-state index in [0.29, 0.717) is 12.6 Å². The Bertz CT molecular complexity index is 994. The van der Waals surface area contributed by atoms with Gasteiger partial charge in [0.25, 0.3) is 0 Å². The number of oxazole rings is 1. The third-order valence-electron chi connectivity index (χ3n) is 4.79. The zero-order valence-corrected chi connectivity index (χ0v) is 14.7. The van der Waals surface area contributed by atoms with Crippen molar-refractivity contribution < 1.29 is 27.2 Å². The zero-order valence-electron chi connectivity index (χ0n) is 14.7. The smallest absolute Gasteiger partial charge is 0.246 e. The van der Waals surface area contributed by atoms with Gasteiger partial charge in [0, 0.05) is 19.2 Å². The monoisotopic (exact) mass is 391 g/mol. The lowest BCUT2D eigenvalue weighted by atomic mass is 10.0. The molecule has 1 aliphatic carbocycles. The normalized spacial score (nSPS) is 17.0. The van der Waals surface area contributed by atoms with E-state index in [1.54, 1.807) is 0 Å². The zero-order chi connectivity index (χ0) is 19.8. The van der Waals surface area contributed by atoms with Crippen LogP contribution in [0.3, 0.4) is 0 Å². The van der Waals surface area contributed by atoms with Gasteiger partial charge in [-0.2, -0.15) is 0 Å². The van der Waals surface area contributed by atoms with E-state index in [1.807, 2.05) is 0 Å². The van der Waals surface area contributed by atoms with Crippen molar-refractivity contribution in [2.75, 3.05) is 26.2 Å². The van der Waals surface area contributed by atoms with Crippen LogP contribution in [0, 0.1) is 17.5 Å². The highest BCUT2D eigenvalue weighted by Crippen LogP contribution is 2.30. The lowest BCUT2D eigenvalue weighted by Gasteiger charge is -2.17. The Hall–Kier alpha value is -2.94. The molecule has 1 saturated heterocycles. The fourth-order valence-corrected chi connectivity index (χ4v) is 3.32. The topological polar surface area (TPSA) is 75.4 Å². The fraction of sp³-hybridized carbons (Fsp3) is 0.316. The number of carbonyl (C=O) groups is 2. The Morgan fingerprint density at radius 3 is 2.61 bits per heavy atom. The second kappa shape index (κ2) is 7.23. The van der Waals surface area contributed by atoms with Crippen LogP contribution in [0.5, 0.6) is 0 Å². The van der Waals surface area contributed by atoms with E-state index in [0.717, 1.165) is 44.6 Å². The van der Waals surface area contributed by atoms with Gasteiger partial charge in [0.15, 0.2) is 23.1 Å². The number of allylic oxidation sites excluding steroid dienone is 2. The minimum Gasteiger partial charge on any atom is -0.432 e. The summed E-state index contributed by atoms with van der Waals surface area (Å²) in [5.74, 6) is -6.56. The second-order valence-corrected chi connectivity index (χ2v) is 6.65. The maximum atomic E-state index is 14.0. The lowest BCUT2D eigenvalue weighted by molar-refractivity contribution is 0.0956. The van der Waals surface area contributed by atoms with Crippen LogP contribution >= 0.6 is 0 Å². The van der Waals surface area contributed by atoms with Gasteiger partial charge < -0.3 is 14.6 Å². The number of Topliss-reactive ketones (excluding diaryl/α,β-unsaturated/α-hetero) is 1. The average molecular weight is 391 g/mol. The third kappa shape index (κ3) is 3.22. The fourth-order valence-electron chi connectivity index (χ4n) is 3.32. The highest BCUT2D eigenvalue weighted by molar-refractivity contribution is 6.22. The Labute approximate surface area is 158 Å². The minimum absolute atomic E-state index is 0.0603. The molecule has 1 aromatic heterocycles. The molecular formula is C19H16F3N3O3. The van der Waals surface area contributed by atoms with E-state index >= 15 is 0 Å². The maximum Gasteiger partial charge on any atom is 0.246 e. The van der Waals surface area contributed by atoms with Crippen LogP contribution in [0.1, 0.15) is 33.9 Å². The number of hydrogen-bond donors (Lipinski definition) is 1. The number of hydrogen-bond acceptors (Lipinski definition) is 6. The van der Waals surface area contributed by atoms with Crippen LogP contribution in [0.25, 0.3) is 11.5 Å². The van der Waals surface area contributed by atoms with Crippen molar-refractivity contribution in [1.29, 1.82) is 0 Å². The van der Waals surface area contributed by atoms with E-state index in [2.05, 4.69) is 15.2 Å². The number of likely N-dealkylation sites (tertiary alicyclic amines) is 1. The molecule has 9 heteroatoms. The van der Waals surface area contributed by atoms with E-state index < -0.39 is 40.5 Å².